The maximum Gasteiger partial charge on any atom is 0.178 e. The van der Waals surface area contributed by atoms with E-state index in [1.54, 1.807) is 0 Å². The molecule has 10 aromatic rings. The summed E-state index contributed by atoms with van der Waals surface area (Å²) >= 11 is 0. The van der Waals surface area contributed by atoms with Crippen molar-refractivity contribution in [3.63, 3.8) is 0 Å². The summed E-state index contributed by atoms with van der Waals surface area (Å²) in [4.78, 5) is 11.9. The topological polar surface area (TPSA) is 52.4 Å². The summed E-state index contributed by atoms with van der Waals surface area (Å²) in [5, 5.41) is 2.33. The van der Waals surface area contributed by atoms with Gasteiger partial charge in [-0.15, -0.1) is 0 Å². The lowest BCUT2D eigenvalue weighted by molar-refractivity contribution is 0.360. The van der Waals surface area contributed by atoms with E-state index < -0.39 is 5.41 Å². The van der Waals surface area contributed by atoms with Crippen LogP contribution in [0.25, 0.3) is 38.6 Å². The van der Waals surface area contributed by atoms with Gasteiger partial charge < -0.3 is 14.0 Å². The Morgan fingerprint density at radius 3 is 2.07 bits per heavy atom. The molecule has 61 heavy (non-hydrogen) atoms. The molecular formula is C55H38N4O2. The minimum Gasteiger partial charge on any atom is -0.449 e. The van der Waals surface area contributed by atoms with Crippen LogP contribution in [0.3, 0.4) is 0 Å². The Labute approximate surface area is 353 Å². The number of anilines is 3. The van der Waals surface area contributed by atoms with E-state index in [0.29, 0.717) is 17.2 Å². The lowest BCUT2D eigenvalue weighted by Crippen LogP contribution is -2.28. The van der Waals surface area contributed by atoms with Crippen molar-refractivity contribution in [3.05, 3.63) is 228 Å². The number of para-hydroxylation sites is 3. The Balaban J connectivity index is 1.14. The third kappa shape index (κ3) is 5.22. The molecule has 290 valence electrons. The average Bonchev–Trinajstić information content (AvgIpc) is 3.80. The summed E-state index contributed by atoms with van der Waals surface area (Å²) in [6, 6.07) is 66.7. The molecule has 6 nitrogen and oxygen atoms in total. The number of aromatic nitrogens is 3. The molecule has 0 saturated carbocycles. The van der Waals surface area contributed by atoms with Gasteiger partial charge in [0.05, 0.1) is 27.8 Å². The van der Waals surface area contributed by atoms with Crippen LogP contribution in [0.15, 0.2) is 194 Å². The number of rotatable bonds is 6. The average molecular weight is 787 g/mol. The maximum absolute atomic E-state index is 6.80. The van der Waals surface area contributed by atoms with E-state index in [1.165, 1.54) is 16.5 Å². The van der Waals surface area contributed by atoms with Crippen LogP contribution >= 0.6 is 0 Å². The summed E-state index contributed by atoms with van der Waals surface area (Å²) < 4.78 is 15.7. The standard InChI is InChI=1S/C55H38N4O2/c1-35-15-13-25-52(57-35)59(46-22-14-32-56-36(46)2)40-27-29-42-41-28-26-38(33-47(41)58(48(42)34-40)39-18-7-4-8-19-39)55(37-16-5-3-6-17-37)44-21-10-9-20-43(44)53-45(55)30-31-51-54(53)61-50-24-12-11-23-49(50)60-51/h3-34H,1-2H3. The molecule has 0 N–H and O–H groups in total. The van der Waals surface area contributed by atoms with Crippen LogP contribution in [0.4, 0.5) is 17.2 Å². The number of nitrogens with zero attached hydrogens (tertiary/aromatic N) is 4. The number of pyridine rings is 2. The molecule has 0 amide bonds. The molecule has 4 heterocycles. The summed E-state index contributed by atoms with van der Waals surface area (Å²) in [7, 11) is 0. The Kier molecular flexibility index (Phi) is 7.78. The predicted octanol–water partition coefficient (Wildman–Crippen LogP) is 13.9. The second-order valence-corrected chi connectivity index (χ2v) is 15.8. The van der Waals surface area contributed by atoms with Crippen LogP contribution in [-0.4, -0.2) is 14.5 Å². The molecule has 0 radical (unpaired) electrons. The molecule has 1 unspecified atom stereocenters. The molecule has 12 rings (SSSR count). The van der Waals surface area contributed by atoms with Gasteiger partial charge in [0.25, 0.3) is 0 Å². The number of aryl methyl sites for hydroxylation is 2. The first-order valence-corrected chi connectivity index (χ1v) is 20.6. The highest BCUT2D eigenvalue weighted by molar-refractivity contribution is 6.11. The van der Waals surface area contributed by atoms with E-state index in [9.17, 15) is 0 Å². The first kappa shape index (κ1) is 35.0. The van der Waals surface area contributed by atoms with E-state index in [2.05, 4.69) is 168 Å². The normalized spacial score (nSPS) is 14.7. The van der Waals surface area contributed by atoms with E-state index >= 15 is 0 Å². The van der Waals surface area contributed by atoms with Gasteiger partial charge in [0, 0.05) is 39.6 Å². The number of ether oxygens (including phenoxy) is 2. The van der Waals surface area contributed by atoms with E-state index in [-0.39, 0.29) is 0 Å². The Bertz CT molecular complexity index is 3360. The predicted molar refractivity (Wildman–Crippen MR) is 244 cm³/mol. The van der Waals surface area contributed by atoms with Crippen molar-refractivity contribution in [2.75, 3.05) is 4.90 Å². The molecule has 1 aliphatic heterocycles. The van der Waals surface area contributed by atoms with E-state index in [4.69, 9.17) is 19.4 Å². The first-order chi connectivity index (χ1) is 30.1. The molecular weight excluding hydrogens is 749 g/mol. The number of benzene rings is 7. The van der Waals surface area contributed by atoms with Crippen molar-refractivity contribution in [3.8, 4) is 39.8 Å². The minimum absolute atomic E-state index is 0.675. The van der Waals surface area contributed by atoms with Gasteiger partial charge in [-0.3, -0.25) is 9.88 Å². The highest BCUT2D eigenvalue weighted by atomic mass is 16.6. The zero-order chi connectivity index (χ0) is 40.7. The largest absolute Gasteiger partial charge is 0.449 e. The van der Waals surface area contributed by atoms with Crippen molar-refractivity contribution in [2.45, 2.75) is 19.3 Å². The van der Waals surface area contributed by atoms with Gasteiger partial charge in [0.1, 0.15) is 5.82 Å². The molecule has 0 bridgehead atoms. The fourth-order valence-electron chi connectivity index (χ4n) is 9.82. The van der Waals surface area contributed by atoms with Crippen molar-refractivity contribution in [2.24, 2.45) is 0 Å². The first-order valence-electron chi connectivity index (χ1n) is 20.6. The Morgan fingerprint density at radius 2 is 1.26 bits per heavy atom. The third-order valence-electron chi connectivity index (χ3n) is 12.4. The third-order valence-corrected chi connectivity index (χ3v) is 12.4. The monoisotopic (exact) mass is 786 g/mol. The van der Waals surface area contributed by atoms with Crippen LogP contribution < -0.4 is 14.4 Å². The molecule has 0 saturated heterocycles. The molecule has 0 fully saturated rings. The van der Waals surface area contributed by atoms with E-state index in [0.717, 1.165) is 78.7 Å². The zero-order valence-electron chi connectivity index (χ0n) is 33.6. The Hall–Kier alpha value is -7.96. The summed E-state index contributed by atoms with van der Waals surface area (Å²) in [5.41, 5.74) is 13.3. The summed E-state index contributed by atoms with van der Waals surface area (Å²) in [6.45, 7) is 4.08. The smallest absolute Gasteiger partial charge is 0.178 e. The van der Waals surface area contributed by atoms with Crippen molar-refractivity contribution in [1.82, 2.24) is 14.5 Å². The zero-order valence-corrected chi connectivity index (χ0v) is 33.6. The van der Waals surface area contributed by atoms with Gasteiger partial charge in [0.2, 0.25) is 0 Å². The number of hydrogen-bond acceptors (Lipinski definition) is 5. The summed E-state index contributed by atoms with van der Waals surface area (Å²) in [5.74, 6) is 3.71. The number of hydrogen-bond donors (Lipinski definition) is 0. The van der Waals surface area contributed by atoms with Gasteiger partial charge >= 0.3 is 0 Å². The quantitative estimate of drug-likeness (QED) is 0.168. The lowest BCUT2D eigenvalue weighted by atomic mass is 9.67. The molecule has 1 aliphatic carbocycles. The minimum atomic E-state index is -0.675. The lowest BCUT2D eigenvalue weighted by Gasteiger charge is -2.34. The van der Waals surface area contributed by atoms with Crippen LogP contribution in [0.2, 0.25) is 0 Å². The second kappa shape index (κ2) is 13.5. The van der Waals surface area contributed by atoms with Gasteiger partial charge in [-0.2, -0.15) is 0 Å². The Morgan fingerprint density at radius 1 is 0.541 bits per heavy atom. The summed E-state index contributed by atoms with van der Waals surface area (Å²) in [6.07, 6.45) is 1.84. The van der Waals surface area contributed by atoms with Gasteiger partial charge in [-0.1, -0.05) is 115 Å². The second-order valence-electron chi connectivity index (χ2n) is 15.8. The van der Waals surface area contributed by atoms with Crippen LogP contribution in [-0.2, 0) is 5.41 Å². The van der Waals surface area contributed by atoms with Gasteiger partial charge in [-0.05, 0) is 114 Å². The fraction of sp³-hybridized carbons (Fsp3) is 0.0545. The van der Waals surface area contributed by atoms with Gasteiger partial charge in [0.15, 0.2) is 23.0 Å². The van der Waals surface area contributed by atoms with Crippen LogP contribution in [0.1, 0.15) is 33.6 Å². The van der Waals surface area contributed by atoms with Crippen molar-refractivity contribution >= 4 is 39.0 Å². The molecule has 7 aromatic carbocycles. The molecule has 0 spiro atoms. The SMILES string of the molecule is Cc1cccc(N(c2ccc3c4ccc(C5(c6ccccc6)c6ccccc6-c6c5ccc5c6Oc6ccccc6O5)cc4n(-c4ccccc4)c3c2)c2cccnc2C)n1. The molecule has 6 heteroatoms. The molecule has 1 atom stereocenters. The van der Waals surface area contributed by atoms with Gasteiger partial charge in [-0.25, -0.2) is 4.98 Å². The highest BCUT2D eigenvalue weighted by Crippen LogP contribution is 2.62. The maximum atomic E-state index is 6.80. The van der Waals surface area contributed by atoms with E-state index in [1.807, 2.05) is 49.5 Å². The number of fused-ring (bicyclic) bond motifs is 9. The highest BCUT2D eigenvalue weighted by Gasteiger charge is 2.48. The molecule has 3 aromatic heterocycles. The van der Waals surface area contributed by atoms with Crippen molar-refractivity contribution < 1.29 is 9.47 Å². The fourth-order valence-corrected chi connectivity index (χ4v) is 9.82. The van der Waals surface area contributed by atoms with Crippen molar-refractivity contribution in [1.29, 1.82) is 0 Å². The molecule has 2 aliphatic rings. The van der Waals surface area contributed by atoms with Crippen LogP contribution in [0, 0.1) is 13.8 Å². The van der Waals surface area contributed by atoms with Crippen LogP contribution in [0.5, 0.6) is 23.0 Å².